The summed E-state index contributed by atoms with van der Waals surface area (Å²) in [5.41, 5.74) is 1.18. The molecule has 2 unspecified atom stereocenters. The number of likely N-dealkylation sites (tertiary alicyclic amines) is 1. The van der Waals surface area contributed by atoms with Gasteiger partial charge in [0, 0.05) is 18.1 Å². The summed E-state index contributed by atoms with van der Waals surface area (Å²) in [5.74, 6) is 0. The lowest BCUT2D eigenvalue weighted by molar-refractivity contribution is -0.0668. The van der Waals surface area contributed by atoms with Crippen LogP contribution in [0.3, 0.4) is 0 Å². The van der Waals surface area contributed by atoms with Crippen LogP contribution in [-0.2, 0) is 0 Å². The highest BCUT2D eigenvalue weighted by Gasteiger charge is 2.40. The largest absolute Gasteiger partial charge is 0.387 e. The molecular formula is C14H21NO. The van der Waals surface area contributed by atoms with Gasteiger partial charge in [0.15, 0.2) is 0 Å². The number of aliphatic hydroxyl groups excluding tert-OH is 1. The molecule has 16 heavy (non-hydrogen) atoms. The van der Waals surface area contributed by atoms with Crippen LogP contribution in [0.25, 0.3) is 0 Å². The molecule has 0 aromatic heterocycles. The van der Waals surface area contributed by atoms with Crippen LogP contribution >= 0.6 is 0 Å². The van der Waals surface area contributed by atoms with Crippen LogP contribution in [0.2, 0.25) is 0 Å². The summed E-state index contributed by atoms with van der Waals surface area (Å²) in [6.07, 6.45) is 0.738. The molecule has 1 aliphatic rings. The van der Waals surface area contributed by atoms with E-state index in [1.54, 1.807) is 0 Å². The molecule has 1 aliphatic heterocycles. The molecule has 88 valence electrons. The highest BCUT2D eigenvalue weighted by molar-refractivity contribution is 5.20. The van der Waals surface area contributed by atoms with E-state index >= 15 is 0 Å². The molecule has 1 heterocycles. The van der Waals surface area contributed by atoms with E-state index in [-0.39, 0.29) is 17.7 Å². The van der Waals surface area contributed by atoms with Gasteiger partial charge in [0.2, 0.25) is 0 Å². The first kappa shape index (κ1) is 11.6. The smallest absolute Gasteiger partial charge is 0.0945 e. The Hall–Kier alpha value is -0.860. The maximum atomic E-state index is 10.3. The Balaban J connectivity index is 2.09. The maximum absolute atomic E-state index is 10.3. The fraction of sp³-hybridized carbons (Fsp3) is 0.571. The molecule has 0 saturated carbocycles. The zero-order chi connectivity index (χ0) is 11.8. The highest BCUT2D eigenvalue weighted by atomic mass is 16.3. The van der Waals surface area contributed by atoms with Gasteiger partial charge in [-0.25, -0.2) is 0 Å². The zero-order valence-electron chi connectivity index (χ0n) is 10.4. The summed E-state index contributed by atoms with van der Waals surface area (Å²) in [5, 5.41) is 10.3. The molecule has 1 fully saturated rings. The van der Waals surface area contributed by atoms with E-state index in [1.165, 1.54) is 0 Å². The van der Waals surface area contributed by atoms with Gasteiger partial charge in [-0.05, 0) is 32.8 Å². The molecule has 2 atom stereocenters. The van der Waals surface area contributed by atoms with E-state index in [0.717, 1.165) is 18.5 Å². The molecule has 1 aromatic carbocycles. The molecular weight excluding hydrogens is 198 g/mol. The van der Waals surface area contributed by atoms with E-state index in [4.69, 9.17) is 0 Å². The summed E-state index contributed by atoms with van der Waals surface area (Å²) < 4.78 is 0. The van der Waals surface area contributed by atoms with Crippen LogP contribution < -0.4 is 0 Å². The van der Waals surface area contributed by atoms with Crippen molar-refractivity contribution in [2.45, 2.75) is 44.9 Å². The van der Waals surface area contributed by atoms with Gasteiger partial charge in [-0.2, -0.15) is 0 Å². The predicted octanol–water partition coefficient (Wildman–Crippen LogP) is 2.59. The van der Waals surface area contributed by atoms with Crippen LogP contribution in [0.1, 0.15) is 38.9 Å². The minimum Gasteiger partial charge on any atom is -0.387 e. The molecule has 2 nitrogen and oxygen atoms in total. The van der Waals surface area contributed by atoms with E-state index in [2.05, 4.69) is 25.7 Å². The second kappa shape index (κ2) is 4.19. The van der Waals surface area contributed by atoms with Crippen molar-refractivity contribution in [1.29, 1.82) is 0 Å². The number of hydrogen-bond acceptors (Lipinski definition) is 2. The minimum absolute atomic E-state index is 0.151. The molecule has 1 aromatic rings. The van der Waals surface area contributed by atoms with Gasteiger partial charge in [0.1, 0.15) is 0 Å². The monoisotopic (exact) mass is 219 g/mol. The van der Waals surface area contributed by atoms with Gasteiger partial charge in [-0.1, -0.05) is 30.3 Å². The van der Waals surface area contributed by atoms with E-state index in [0.29, 0.717) is 0 Å². The van der Waals surface area contributed by atoms with E-state index in [1.807, 2.05) is 30.3 Å². The molecule has 0 aliphatic carbocycles. The number of benzene rings is 1. The molecule has 1 saturated heterocycles. The van der Waals surface area contributed by atoms with Crippen molar-refractivity contribution in [3.8, 4) is 0 Å². The lowest BCUT2D eigenvalue weighted by atomic mass is 9.87. The molecule has 2 rings (SSSR count). The second-order valence-electron chi connectivity index (χ2n) is 5.58. The third-order valence-electron chi connectivity index (χ3n) is 3.43. The van der Waals surface area contributed by atoms with Crippen LogP contribution in [-0.4, -0.2) is 28.1 Å². The standard InChI is InChI=1S/C14H21NO/c1-14(2,3)15-10-9-12(15)13(16)11-7-5-4-6-8-11/h4-8,12-13,16H,9-10H2,1-3H3. The first-order chi connectivity index (χ1) is 7.50. The molecule has 2 heteroatoms. The molecule has 0 spiro atoms. The Labute approximate surface area is 97.9 Å². The molecule has 1 N–H and O–H groups in total. The van der Waals surface area contributed by atoms with Crippen LogP contribution in [0.4, 0.5) is 0 Å². The van der Waals surface area contributed by atoms with Gasteiger partial charge in [-0.3, -0.25) is 4.90 Å². The number of rotatable bonds is 2. The predicted molar refractivity (Wildman–Crippen MR) is 66.3 cm³/mol. The highest BCUT2D eigenvalue weighted by Crippen LogP contribution is 2.35. The van der Waals surface area contributed by atoms with Crippen LogP contribution in [0.5, 0.6) is 0 Å². The summed E-state index contributed by atoms with van der Waals surface area (Å²) in [7, 11) is 0. The molecule has 0 bridgehead atoms. The molecule has 0 radical (unpaired) electrons. The van der Waals surface area contributed by atoms with Crippen LogP contribution in [0, 0.1) is 0 Å². The summed E-state index contributed by atoms with van der Waals surface area (Å²) in [6, 6.07) is 10.2. The Bertz CT molecular complexity index is 342. The SMILES string of the molecule is CC(C)(C)N1CCC1C(O)c1ccccc1. The zero-order valence-corrected chi connectivity index (χ0v) is 10.4. The quantitative estimate of drug-likeness (QED) is 0.826. The normalized spacial score (nSPS) is 23.9. The van der Waals surface area contributed by atoms with E-state index in [9.17, 15) is 5.11 Å². The van der Waals surface area contributed by atoms with Crippen LogP contribution in [0.15, 0.2) is 30.3 Å². The third-order valence-corrected chi connectivity index (χ3v) is 3.43. The third kappa shape index (κ3) is 2.13. The number of nitrogens with zero attached hydrogens (tertiary/aromatic N) is 1. The minimum atomic E-state index is -0.353. The van der Waals surface area contributed by atoms with Gasteiger partial charge in [0.05, 0.1) is 6.10 Å². The first-order valence-electron chi connectivity index (χ1n) is 6.00. The first-order valence-corrected chi connectivity index (χ1v) is 6.00. The van der Waals surface area contributed by atoms with Crippen molar-refractivity contribution in [3.63, 3.8) is 0 Å². The maximum Gasteiger partial charge on any atom is 0.0945 e. The van der Waals surface area contributed by atoms with Crippen molar-refractivity contribution in [2.75, 3.05) is 6.54 Å². The lowest BCUT2D eigenvalue weighted by Crippen LogP contribution is -2.59. The average molecular weight is 219 g/mol. The number of aliphatic hydroxyl groups is 1. The van der Waals surface area contributed by atoms with Crippen molar-refractivity contribution in [1.82, 2.24) is 4.90 Å². The fourth-order valence-electron chi connectivity index (χ4n) is 2.44. The van der Waals surface area contributed by atoms with Gasteiger partial charge < -0.3 is 5.11 Å². The Kier molecular flexibility index (Phi) is 3.04. The topological polar surface area (TPSA) is 23.5 Å². The Morgan fingerprint density at radius 2 is 1.88 bits per heavy atom. The van der Waals surface area contributed by atoms with E-state index < -0.39 is 0 Å². The van der Waals surface area contributed by atoms with Crippen molar-refractivity contribution >= 4 is 0 Å². The summed E-state index contributed by atoms with van der Waals surface area (Å²) in [6.45, 7) is 7.71. The Morgan fingerprint density at radius 3 is 2.31 bits per heavy atom. The van der Waals surface area contributed by atoms with Crippen molar-refractivity contribution < 1.29 is 5.11 Å². The van der Waals surface area contributed by atoms with Gasteiger partial charge in [-0.15, -0.1) is 0 Å². The second-order valence-corrected chi connectivity index (χ2v) is 5.58. The lowest BCUT2D eigenvalue weighted by Gasteiger charge is -2.51. The summed E-state index contributed by atoms with van der Waals surface area (Å²) in [4.78, 5) is 2.38. The van der Waals surface area contributed by atoms with Gasteiger partial charge in [0.25, 0.3) is 0 Å². The molecule has 0 amide bonds. The average Bonchev–Trinajstić information content (AvgIpc) is 2.14. The van der Waals surface area contributed by atoms with Crippen molar-refractivity contribution in [3.05, 3.63) is 35.9 Å². The van der Waals surface area contributed by atoms with Gasteiger partial charge >= 0.3 is 0 Å². The van der Waals surface area contributed by atoms with Crippen molar-refractivity contribution in [2.24, 2.45) is 0 Å². The summed E-state index contributed by atoms with van der Waals surface area (Å²) >= 11 is 0. The fourth-order valence-corrected chi connectivity index (χ4v) is 2.44. The number of hydrogen-bond donors (Lipinski definition) is 1. The Morgan fingerprint density at radius 1 is 1.25 bits per heavy atom.